The molecular weight excluding hydrogens is 256 g/mol. The molecule has 20 heavy (non-hydrogen) atoms. The van der Waals surface area contributed by atoms with Crippen molar-refractivity contribution in [2.45, 2.75) is 37.8 Å². The lowest BCUT2D eigenvalue weighted by atomic mass is 10.1. The number of carbonyl (C=O) groups excluding carboxylic acids is 1. The molecule has 2 unspecified atom stereocenters. The Hall–Kier alpha value is -1.75. The highest BCUT2D eigenvalue weighted by Gasteiger charge is 2.26. The third-order valence-corrected chi connectivity index (χ3v) is 3.65. The lowest BCUT2D eigenvalue weighted by molar-refractivity contribution is 0.149. The van der Waals surface area contributed by atoms with Crippen molar-refractivity contribution in [3.8, 4) is 5.75 Å². The molecule has 1 aromatic carbocycles. The Kier molecular flexibility index (Phi) is 5.24. The van der Waals surface area contributed by atoms with E-state index < -0.39 is 6.10 Å². The summed E-state index contributed by atoms with van der Waals surface area (Å²) >= 11 is 0. The number of methoxy groups -OCH3 is 1. The highest BCUT2D eigenvalue weighted by molar-refractivity contribution is 5.74. The molecule has 5 heteroatoms. The van der Waals surface area contributed by atoms with Crippen LogP contribution >= 0.6 is 0 Å². The van der Waals surface area contributed by atoms with Gasteiger partial charge in [0.05, 0.1) is 19.3 Å². The number of rotatable bonds is 5. The molecule has 0 saturated heterocycles. The summed E-state index contributed by atoms with van der Waals surface area (Å²) < 4.78 is 5.09. The molecule has 0 aromatic heterocycles. The predicted octanol–water partition coefficient (Wildman–Crippen LogP) is 1.45. The Morgan fingerprint density at radius 1 is 1.35 bits per heavy atom. The van der Waals surface area contributed by atoms with Gasteiger partial charge in [0.25, 0.3) is 0 Å². The monoisotopic (exact) mass is 278 g/mol. The van der Waals surface area contributed by atoms with E-state index in [9.17, 15) is 9.90 Å². The van der Waals surface area contributed by atoms with E-state index >= 15 is 0 Å². The summed E-state index contributed by atoms with van der Waals surface area (Å²) in [7, 11) is 1.64. The minimum absolute atomic E-state index is 0.101. The SMILES string of the molecule is COc1ccc(CCNC(=O)NC2CCCC2O)cc1. The molecule has 1 saturated carbocycles. The quantitative estimate of drug-likeness (QED) is 0.763. The first-order chi connectivity index (χ1) is 9.69. The summed E-state index contributed by atoms with van der Waals surface area (Å²) in [5.41, 5.74) is 1.15. The largest absolute Gasteiger partial charge is 0.497 e. The Morgan fingerprint density at radius 3 is 2.70 bits per heavy atom. The molecule has 0 spiro atoms. The van der Waals surface area contributed by atoms with Gasteiger partial charge in [0, 0.05) is 6.54 Å². The van der Waals surface area contributed by atoms with E-state index in [1.54, 1.807) is 7.11 Å². The van der Waals surface area contributed by atoms with Crippen molar-refractivity contribution < 1.29 is 14.6 Å². The van der Waals surface area contributed by atoms with Gasteiger partial charge in [0.1, 0.15) is 5.75 Å². The maximum absolute atomic E-state index is 11.7. The number of nitrogens with one attached hydrogen (secondary N) is 2. The molecule has 1 fully saturated rings. The molecule has 0 heterocycles. The second-order valence-corrected chi connectivity index (χ2v) is 5.10. The molecule has 2 amide bonds. The highest BCUT2D eigenvalue weighted by Crippen LogP contribution is 2.18. The number of carbonyl (C=O) groups is 1. The second-order valence-electron chi connectivity index (χ2n) is 5.10. The van der Waals surface area contributed by atoms with E-state index in [1.807, 2.05) is 24.3 Å². The topological polar surface area (TPSA) is 70.6 Å². The van der Waals surface area contributed by atoms with Gasteiger partial charge in [-0.1, -0.05) is 12.1 Å². The smallest absolute Gasteiger partial charge is 0.315 e. The Bertz CT molecular complexity index is 433. The first-order valence-electron chi connectivity index (χ1n) is 7.04. The van der Waals surface area contributed by atoms with E-state index in [0.29, 0.717) is 6.54 Å². The van der Waals surface area contributed by atoms with Crippen LogP contribution in [0.3, 0.4) is 0 Å². The zero-order chi connectivity index (χ0) is 14.4. The molecule has 3 N–H and O–H groups in total. The third kappa shape index (κ3) is 4.13. The van der Waals surface area contributed by atoms with Gasteiger partial charge >= 0.3 is 6.03 Å². The minimum atomic E-state index is -0.401. The van der Waals surface area contributed by atoms with E-state index in [-0.39, 0.29) is 12.1 Å². The molecule has 2 atom stereocenters. The van der Waals surface area contributed by atoms with Crippen molar-refractivity contribution in [3.63, 3.8) is 0 Å². The first kappa shape index (κ1) is 14.7. The molecule has 5 nitrogen and oxygen atoms in total. The summed E-state index contributed by atoms with van der Waals surface area (Å²) in [6.07, 6.45) is 2.97. The van der Waals surface area contributed by atoms with Crippen LogP contribution in [0.2, 0.25) is 0 Å². The number of benzene rings is 1. The summed E-state index contributed by atoms with van der Waals surface area (Å²) in [5, 5.41) is 15.3. The van der Waals surface area contributed by atoms with Gasteiger partial charge in [-0.15, -0.1) is 0 Å². The zero-order valence-corrected chi connectivity index (χ0v) is 11.8. The van der Waals surface area contributed by atoms with Crippen LogP contribution in [0.25, 0.3) is 0 Å². The molecule has 0 aliphatic heterocycles. The molecule has 1 aliphatic rings. The third-order valence-electron chi connectivity index (χ3n) is 3.65. The Labute approximate surface area is 119 Å². The van der Waals surface area contributed by atoms with Crippen LogP contribution in [-0.4, -0.2) is 36.9 Å². The fourth-order valence-electron chi connectivity index (χ4n) is 2.44. The average molecular weight is 278 g/mol. The second kappa shape index (κ2) is 7.14. The first-order valence-corrected chi connectivity index (χ1v) is 7.04. The van der Waals surface area contributed by atoms with Crippen LogP contribution in [0, 0.1) is 0 Å². The van der Waals surface area contributed by atoms with Gasteiger partial charge < -0.3 is 20.5 Å². The number of urea groups is 1. The lowest BCUT2D eigenvalue weighted by Crippen LogP contribution is -2.45. The van der Waals surface area contributed by atoms with Crippen molar-refractivity contribution in [2.24, 2.45) is 0 Å². The van der Waals surface area contributed by atoms with Crippen LogP contribution in [-0.2, 0) is 6.42 Å². The molecular formula is C15H22N2O3. The maximum atomic E-state index is 11.7. The molecule has 110 valence electrons. The van der Waals surface area contributed by atoms with Crippen molar-refractivity contribution in [1.82, 2.24) is 10.6 Å². The van der Waals surface area contributed by atoms with Crippen LogP contribution in [0.5, 0.6) is 5.75 Å². The van der Waals surface area contributed by atoms with Crippen molar-refractivity contribution in [2.75, 3.05) is 13.7 Å². The normalized spacial score (nSPS) is 21.5. The summed E-state index contributed by atoms with van der Waals surface area (Å²) in [6.45, 7) is 0.570. The van der Waals surface area contributed by atoms with Gasteiger partial charge in [0.2, 0.25) is 0 Å². The standard InChI is InChI=1S/C15H22N2O3/c1-20-12-7-5-11(6-8-12)9-10-16-15(19)17-13-3-2-4-14(13)18/h5-8,13-14,18H,2-4,9-10H2,1H3,(H2,16,17,19). The maximum Gasteiger partial charge on any atom is 0.315 e. The lowest BCUT2D eigenvalue weighted by Gasteiger charge is -2.16. The molecule has 2 rings (SSSR count). The number of aliphatic hydroxyl groups is 1. The van der Waals surface area contributed by atoms with Crippen LogP contribution in [0.1, 0.15) is 24.8 Å². The van der Waals surface area contributed by atoms with Gasteiger partial charge in [-0.3, -0.25) is 0 Å². The molecule has 1 aliphatic carbocycles. The van der Waals surface area contributed by atoms with Gasteiger partial charge in [-0.25, -0.2) is 4.79 Å². The molecule has 0 bridgehead atoms. The van der Waals surface area contributed by atoms with Crippen molar-refractivity contribution >= 4 is 6.03 Å². The predicted molar refractivity (Wildman–Crippen MR) is 76.9 cm³/mol. The molecule has 1 aromatic rings. The number of hydrogen-bond acceptors (Lipinski definition) is 3. The fraction of sp³-hybridized carbons (Fsp3) is 0.533. The van der Waals surface area contributed by atoms with Gasteiger partial charge in [-0.05, 0) is 43.4 Å². The summed E-state index contributed by atoms with van der Waals surface area (Å²) in [4.78, 5) is 11.7. The van der Waals surface area contributed by atoms with Gasteiger partial charge in [-0.2, -0.15) is 0 Å². The summed E-state index contributed by atoms with van der Waals surface area (Å²) in [5.74, 6) is 0.828. The summed E-state index contributed by atoms with van der Waals surface area (Å²) in [6, 6.07) is 7.48. The Morgan fingerprint density at radius 2 is 2.10 bits per heavy atom. The van der Waals surface area contributed by atoms with E-state index in [0.717, 1.165) is 37.0 Å². The van der Waals surface area contributed by atoms with Gasteiger partial charge in [0.15, 0.2) is 0 Å². The molecule has 0 radical (unpaired) electrons. The average Bonchev–Trinajstić information content (AvgIpc) is 2.85. The van der Waals surface area contributed by atoms with Crippen LogP contribution < -0.4 is 15.4 Å². The zero-order valence-electron chi connectivity index (χ0n) is 11.8. The number of ether oxygens (including phenoxy) is 1. The fourth-order valence-corrected chi connectivity index (χ4v) is 2.44. The number of hydrogen-bond donors (Lipinski definition) is 3. The van der Waals surface area contributed by atoms with E-state index in [2.05, 4.69) is 10.6 Å². The minimum Gasteiger partial charge on any atom is -0.497 e. The van der Waals surface area contributed by atoms with E-state index in [1.165, 1.54) is 0 Å². The number of aliphatic hydroxyl groups excluding tert-OH is 1. The van der Waals surface area contributed by atoms with Crippen molar-refractivity contribution in [3.05, 3.63) is 29.8 Å². The van der Waals surface area contributed by atoms with Crippen molar-refractivity contribution in [1.29, 1.82) is 0 Å². The Balaban J connectivity index is 1.68. The van der Waals surface area contributed by atoms with E-state index in [4.69, 9.17) is 4.74 Å². The van der Waals surface area contributed by atoms with Crippen LogP contribution in [0.15, 0.2) is 24.3 Å². The highest BCUT2D eigenvalue weighted by atomic mass is 16.5. The number of amides is 2. The van der Waals surface area contributed by atoms with Crippen LogP contribution in [0.4, 0.5) is 4.79 Å².